The van der Waals surface area contributed by atoms with Gasteiger partial charge in [0.25, 0.3) is 0 Å². The third-order valence-corrected chi connectivity index (χ3v) is 6.06. The van der Waals surface area contributed by atoms with Crippen LogP contribution in [0.4, 0.5) is 24.8 Å². The first-order chi connectivity index (χ1) is 13.9. The molecule has 1 N–H and O–H groups in total. The fourth-order valence-electron chi connectivity index (χ4n) is 3.43. The summed E-state index contributed by atoms with van der Waals surface area (Å²) in [5.41, 5.74) is 0.597. The largest absolute Gasteiger partial charge is 0.433 e. The van der Waals surface area contributed by atoms with Gasteiger partial charge in [0, 0.05) is 30.5 Å². The molecule has 1 saturated heterocycles. The summed E-state index contributed by atoms with van der Waals surface area (Å²) >= 11 is 1.67. The molecule has 1 aliphatic heterocycles. The van der Waals surface area contributed by atoms with E-state index < -0.39 is 11.9 Å². The van der Waals surface area contributed by atoms with Gasteiger partial charge in [-0.05, 0) is 50.2 Å². The van der Waals surface area contributed by atoms with Crippen LogP contribution in [0.15, 0.2) is 42.7 Å². The molecular formula is C20H20F3N5S. The summed E-state index contributed by atoms with van der Waals surface area (Å²) in [6, 6.07) is 8.30. The number of hydrogen-bond acceptors (Lipinski definition) is 6. The molecule has 0 aliphatic carbocycles. The van der Waals surface area contributed by atoms with Gasteiger partial charge < -0.3 is 10.2 Å². The standard InChI is InChI=1S/C20H20F3N5S/c1-28-9-3-5-14(12-28)18-25-11-16(29-18)13-4-2-6-15(10-13)26-19-24-8-7-17(27-19)20(21,22)23/h2,4,6-8,10-11,14H,3,5,9,12H2,1H3,(H,24,26,27). The van der Waals surface area contributed by atoms with E-state index in [0.29, 0.717) is 11.6 Å². The van der Waals surface area contributed by atoms with Crippen LogP contribution < -0.4 is 5.32 Å². The average Bonchev–Trinajstić information content (AvgIpc) is 3.18. The number of nitrogens with zero attached hydrogens (tertiary/aromatic N) is 4. The number of likely N-dealkylation sites (tertiary alicyclic amines) is 1. The maximum atomic E-state index is 12.8. The number of alkyl halides is 3. The van der Waals surface area contributed by atoms with Gasteiger partial charge in [-0.25, -0.2) is 15.0 Å². The minimum atomic E-state index is -4.51. The third-order valence-electron chi connectivity index (χ3n) is 4.85. The Morgan fingerprint density at radius 2 is 2.07 bits per heavy atom. The zero-order valence-corrected chi connectivity index (χ0v) is 16.6. The van der Waals surface area contributed by atoms with Gasteiger partial charge in [-0.1, -0.05) is 12.1 Å². The summed E-state index contributed by atoms with van der Waals surface area (Å²) < 4.78 is 38.5. The Bertz CT molecular complexity index is 988. The normalized spacial score (nSPS) is 18.0. The van der Waals surface area contributed by atoms with Crippen LogP contribution in [-0.4, -0.2) is 40.0 Å². The van der Waals surface area contributed by atoms with Gasteiger partial charge in [0.2, 0.25) is 5.95 Å². The maximum absolute atomic E-state index is 12.8. The van der Waals surface area contributed by atoms with Gasteiger partial charge in [-0.2, -0.15) is 13.2 Å². The summed E-state index contributed by atoms with van der Waals surface area (Å²) in [6.07, 6.45) is 0.777. The molecule has 4 rings (SSSR count). The lowest BCUT2D eigenvalue weighted by Gasteiger charge is -2.28. The van der Waals surface area contributed by atoms with Crippen LogP contribution in [-0.2, 0) is 6.18 Å². The number of halogens is 3. The molecule has 5 nitrogen and oxygen atoms in total. The number of rotatable bonds is 4. The highest BCUT2D eigenvalue weighted by Crippen LogP contribution is 2.35. The number of piperidine rings is 1. The molecule has 1 aliphatic rings. The fraction of sp³-hybridized carbons (Fsp3) is 0.350. The van der Waals surface area contributed by atoms with Gasteiger partial charge in [-0.3, -0.25) is 0 Å². The van der Waals surface area contributed by atoms with Crippen molar-refractivity contribution in [2.24, 2.45) is 0 Å². The highest BCUT2D eigenvalue weighted by Gasteiger charge is 2.32. The fourth-order valence-corrected chi connectivity index (χ4v) is 4.47. The SMILES string of the molecule is CN1CCCC(c2ncc(-c3cccc(Nc4nccc(C(F)(F)F)n4)c3)s2)C1. The molecule has 2 aromatic heterocycles. The molecule has 29 heavy (non-hydrogen) atoms. The van der Waals surface area contributed by atoms with Crippen molar-refractivity contribution in [3.63, 3.8) is 0 Å². The van der Waals surface area contributed by atoms with E-state index in [9.17, 15) is 13.2 Å². The Labute approximate surface area is 170 Å². The lowest BCUT2D eigenvalue weighted by atomic mass is 9.99. The molecule has 3 heterocycles. The predicted molar refractivity (Wildman–Crippen MR) is 107 cm³/mol. The number of hydrogen-bond donors (Lipinski definition) is 1. The van der Waals surface area contributed by atoms with Crippen LogP contribution in [0, 0.1) is 0 Å². The zero-order chi connectivity index (χ0) is 20.4. The number of nitrogens with one attached hydrogen (secondary N) is 1. The number of likely N-dealkylation sites (N-methyl/N-ethyl adjacent to an activating group) is 1. The Morgan fingerprint density at radius 3 is 2.86 bits per heavy atom. The first-order valence-electron chi connectivity index (χ1n) is 9.30. The Hall–Kier alpha value is -2.52. The number of thiazole rings is 1. The second-order valence-electron chi connectivity index (χ2n) is 7.13. The smallest absolute Gasteiger partial charge is 0.324 e. The average molecular weight is 419 g/mol. The summed E-state index contributed by atoms with van der Waals surface area (Å²) in [5, 5.41) is 3.99. The van der Waals surface area contributed by atoms with Crippen molar-refractivity contribution in [3.05, 3.63) is 53.4 Å². The minimum Gasteiger partial charge on any atom is -0.324 e. The van der Waals surface area contributed by atoms with Crippen molar-refractivity contribution in [1.29, 1.82) is 0 Å². The third kappa shape index (κ3) is 4.73. The quantitative estimate of drug-likeness (QED) is 0.632. The van der Waals surface area contributed by atoms with E-state index in [-0.39, 0.29) is 5.95 Å². The highest BCUT2D eigenvalue weighted by atomic mass is 32.1. The van der Waals surface area contributed by atoms with Crippen LogP contribution in [0.5, 0.6) is 0 Å². The van der Waals surface area contributed by atoms with Gasteiger partial charge in [-0.15, -0.1) is 11.3 Å². The van der Waals surface area contributed by atoms with Crippen molar-refractivity contribution in [1.82, 2.24) is 19.9 Å². The topological polar surface area (TPSA) is 53.9 Å². The van der Waals surface area contributed by atoms with Crippen LogP contribution in [0.1, 0.15) is 29.5 Å². The lowest BCUT2D eigenvalue weighted by molar-refractivity contribution is -0.141. The number of benzene rings is 1. The molecule has 1 aromatic carbocycles. The Morgan fingerprint density at radius 1 is 1.21 bits per heavy atom. The predicted octanol–water partition coefficient (Wildman–Crippen LogP) is 5.17. The molecule has 0 spiro atoms. The van der Waals surface area contributed by atoms with E-state index in [2.05, 4.69) is 32.2 Å². The monoisotopic (exact) mass is 419 g/mol. The molecule has 0 saturated carbocycles. The molecule has 9 heteroatoms. The molecule has 0 amide bonds. The summed E-state index contributed by atoms with van der Waals surface area (Å²) in [6.45, 7) is 2.14. The van der Waals surface area contributed by atoms with Crippen molar-refractivity contribution in [2.45, 2.75) is 24.9 Å². The second-order valence-corrected chi connectivity index (χ2v) is 8.20. The highest BCUT2D eigenvalue weighted by molar-refractivity contribution is 7.15. The summed E-state index contributed by atoms with van der Waals surface area (Å²) in [5.74, 6) is 0.361. The van der Waals surface area contributed by atoms with Crippen LogP contribution >= 0.6 is 11.3 Å². The first kappa shape index (κ1) is 19.8. The molecule has 3 aromatic rings. The molecule has 152 valence electrons. The molecule has 1 unspecified atom stereocenters. The van der Waals surface area contributed by atoms with Gasteiger partial charge in [0.05, 0.1) is 9.88 Å². The number of aromatic nitrogens is 3. The van der Waals surface area contributed by atoms with E-state index in [1.165, 1.54) is 6.42 Å². The lowest BCUT2D eigenvalue weighted by Crippen LogP contribution is -2.30. The molecule has 0 bridgehead atoms. The van der Waals surface area contributed by atoms with E-state index in [1.807, 2.05) is 24.4 Å². The first-order valence-corrected chi connectivity index (χ1v) is 10.1. The molecule has 1 atom stereocenters. The van der Waals surface area contributed by atoms with E-state index in [4.69, 9.17) is 0 Å². The van der Waals surface area contributed by atoms with Crippen molar-refractivity contribution < 1.29 is 13.2 Å². The molecule has 1 fully saturated rings. The molecule has 0 radical (unpaired) electrons. The Balaban J connectivity index is 1.52. The van der Waals surface area contributed by atoms with Crippen molar-refractivity contribution in [2.75, 3.05) is 25.5 Å². The van der Waals surface area contributed by atoms with Gasteiger partial charge in [0.15, 0.2) is 0 Å². The summed E-state index contributed by atoms with van der Waals surface area (Å²) in [4.78, 5) is 15.4. The van der Waals surface area contributed by atoms with E-state index >= 15 is 0 Å². The van der Waals surface area contributed by atoms with Crippen LogP contribution in [0.3, 0.4) is 0 Å². The van der Waals surface area contributed by atoms with Crippen molar-refractivity contribution in [3.8, 4) is 10.4 Å². The van der Waals surface area contributed by atoms with Gasteiger partial charge in [0.1, 0.15) is 5.69 Å². The maximum Gasteiger partial charge on any atom is 0.433 e. The van der Waals surface area contributed by atoms with E-state index in [1.54, 1.807) is 17.4 Å². The van der Waals surface area contributed by atoms with Crippen molar-refractivity contribution >= 4 is 23.0 Å². The summed E-state index contributed by atoms with van der Waals surface area (Å²) in [7, 11) is 2.13. The number of anilines is 2. The zero-order valence-electron chi connectivity index (χ0n) is 15.8. The van der Waals surface area contributed by atoms with Crippen LogP contribution in [0.25, 0.3) is 10.4 Å². The van der Waals surface area contributed by atoms with Crippen LogP contribution in [0.2, 0.25) is 0 Å². The molecular weight excluding hydrogens is 399 g/mol. The van der Waals surface area contributed by atoms with Gasteiger partial charge >= 0.3 is 6.18 Å². The van der Waals surface area contributed by atoms with E-state index in [0.717, 1.165) is 47.2 Å². The second kappa shape index (κ2) is 8.08. The Kier molecular flexibility index (Phi) is 5.51. The minimum absolute atomic E-state index is 0.0905.